The first-order chi connectivity index (χ1) is 14.7. The molecule has 7 nitrogen and oxygen atoms in total. The molecule has 2 aromatic heterocycles. The molecule has 3 N–H and O–H groups in total. The summed E-state index contributed by atoms with van der Waals surface area (Å²) in [7, 11) is 0. The van der Waals surface area contributed by atoms with Gasteiger partial charge in [-0.3, -0.25) is 9.36 Å². The second kappa shape index (κ2) is 7.69. The zero-order valence-electron chi connectivity index (χ0n) is 16.5. The second-order valence-corrected chi connectivity index (χ2v) is 7.51. The summed E-state index contributed by atoms with van der Waals surface area (Å²) in [4.78, 5) is 30.1. The van der Waals surface area contributed by atoms with Crippen molar-refractivity contribution in [3.8, 4) is 5.69 Å². The highest BCUT2D eigenvalue weighted by Crippen LogP contribution is 2.31. The highest BCUT2D eigenvalue weighted by Gasteiger charge is 2.35. The average molecular weight is 432 g/mol. The lowest BCUT2D eigenvalue weighted by Gasteiger charge is -2.23. The Morgan fingerprint density at radius 1 is 1.29 bits per heavy atom. The first-order valence-electron chi connectivity index (χ1n) is 9.66. The van der Waals surface area contributed by atoms with Crippen molar-refractivity contribution in [3.63, 3.8) is 0 Å². The number of aromatic nitrogens is 2. The van der Waals surface area contributed by atoms with E-state index in [4.69, 9.17) is 5.73 Å². The third-order valence-corrected chi connectivity index (χ3v) is 5.43. The molecule has 0 saturated heterocycles. The van der Waals surface area contributed by atoms with Crippen molar-refractivity contribution in [2.45, 2.75) is 19.4 Å². The molecule has 1 aromatic carbocycles. The Bertz CT molecular complexity index is 1260. The van der Waals surface area contributed by atoms with Crippen molar-refractivity contribution in [1.82, 2.24) is 9.55 Å². The minimum atomic E-state index is -1.56. The van der Waals surface area contributed by atoms with Gasteiger partial charge in [-0.2, -0.15) is 0 Å². The van der Waals surface area contributed by atoms with Crippen LogP contribution in [0.3, 0.4) is 0 Å². The van der Waals surface area contributed by atoms with E-state index in [2.05, 4.69) is 4.98 Å². The third-order valence-electron chi connectivity index (χ3n) is 5.43. The fraction of sp³-hybridized carbons (Fsp3) is 0.286. The van der Waals surface area contributed by atoms with Crippen LogP contribution in [0.4, 0.5) is 19.0 Å². The number of nitrogens with two attached hydrogens (primary N) is 1. The number of hydrogen-bond acceptors (Lipinski definition) is 5. The Morgan fingerprint density at radius 2 is 2.00 bits per heavy atom. The molecule has 2 unspecified atom stereocenters. The van der Waals surface area contributed by atoms with Crippen LogP contribution in [0.2, 0.25) is 0 Å². The van der Waals surface area contributed by atoms with Crippen LogP contribution in [0.5, 0.6) is 0 Å². The largest absolute Gasteiger partial charge is 0.477 e. The van der Waals surface area contributed by atoms with E-state index in [1.54, 1.807) is 11.8 Å². The molecule has 2 heterocycles. The Morgan fingerprint density at radius 3 is 2.58 bits per heavy atom. The standard InChI is InChI=1S/C21H19F3N4O3/c1-2-27(8-10-5-16(10)25)20-15(24)7-12-18(29)13(21(30)31)9-28(19(12)26-20)17-4-3-11(22)6-14(17)23/h3-4,6-7,9-10,16H,2,5,8,25H2,1H3,(H,30,31). The number of pyridine rings is 2. The topological polar surface area (TPSA) is 101 Å². The van der Waals surface area contributed by atoms with E-state index in [9.17, 15) is 27.9 Å². The maximum atomic E-state index is 14.9. The van der Waals surface area contributed by atoms with Gasteiger partial charge >= 0.3 is 5.97 Å². The minimum Gasteiger partial charge on any atom is -0.477 e. The minimum absolute atomic E-state index is 0.0298. The zero-order chi connectivity index (χ0) is 22.4. The monoisotopic (exact) mass is 432 g/mol. The summed E-state index contributed by atoms with van der Waals surface area (Å²) in [5.41, 5.74) is 3.84. The molecule has 1 aliphatic carbocycles. The van der Waals surface area contributed by atoms with Crippen molar-refractivity contribution in [1.29, 1.82) is 0 Å². The molecule has 0 radical (unpaired) electrons. The highest BCUT2D eigenvalue weighted by molar-refractivity contribution is 5.92. The number of fused-ring (bicyclic) bond motifs is 1. The predicted molar refractivity (Wildman–Crippen MR) is 108 cm³/mol. The van der Waals surface area contributed by atoms with Gasteiger partial charge in [-0.25, -0.2) is 22.9 Å². The number of hydrogen-bond donors (Lipinski definition) is 2. The molecule has 0 aliphatic heterocycles. The summed E-state index contributed by atoms with van der Waals surface area (Å²) in [6.45, 7) is 2.66. The van der Waals surface area contributed by atoms with E-state index >= 15 is 0 Å². The van der Waals surface area contributed by atoms with Crippen molar-refractivity contribution in [2.75, 3.05) is 18.0 Å². The first-order valence-corrected chi connectivity index (χ1v) is 9.66. The van der Waals surface area contributed by atoms with E-state index in [1.807, 2.05) is 0 Å². The molecule has 10 heteroatoms. The van der Waals surface area contributed by atoms with Gasteiger partial charge in [0.2, 0.25) is 5.43 Å². The first kappa shape index (κ1) is 20.9. The summed E-state index contributed by atoms with van der Waals surface area (Å²) < 4.78 is 43.9. The normalized spacial score (nSPS) is 17.7. The summed E-state index contributed by atoms with van der Waals surface area (Å²) >= 11 is 0. The van der Waals surface area contributed by atoms with E-state index < -0.39 is 34.4 Å². The highest BCUT2D eigenvalue weighted by atomic mass is 19.1. The van der Waals surface area contributed by atoms with Gasteiger partial charge in [0.05, 0.1) is 11.1 Å². The number of benzene rings is 1. The lowest BCUT2D eigenvalue weighted by molar-refractivity contribution is 0.0695. The number of rotatable bonds is 6. The number of aromatic carboxylic acids is 1. The van der Waals surface area contributed by atoms with Gasteiger partial charge in [-0.15, -0.1) is 0 Å². The number of carboxylic acid groups (broad SMARTS) is 1. The second-order valence-electron chi connectivity index (χ2n) is 7.51. The van der Waals surface area contributed by atoms with Crippen LogP contribution in [-0.2, 0) is 0 Å². The Balaban J connectivity index is 1.99. The van der Waals surface area contributed by atoms with Gasteiger partial charge in [0.25, 0.3) is 0 Å². The summed E-state index contributed by atoms with van der Waals surface area (Å²) in [6, 6.07) is 3.63. The van der Waals surface area contributed by atoms with Crippen molar-refractivity contribution in [3.05, 3.63) is 63.7 Å². The van der Waals surface area contributed by atoms with Crippen LogP contribution in [0, 0.1) is 23.4 Å². The number of halogens is 3. The van der Waals surface area contributed by atoms with Gasteiger partial charge in [-0.05, 0) is 37.5 Å². The fourth-order valence-corrected chi connectivity index (χ4v) is 3.58. The summed E-state index contributed by atoms with van der Waals surface area (Å²) in [5, 5.41) is 9.06. The number of anilines is 1. The maximum absolute atomic E-state index is 14.9. The maximum Gasteiger partial charge on any atom is 0.341 e. The molecule has 0 bridgehead atoms. The number of carbonyl (C=O) groups is 1. The third kappa shape index (κ3) is 3.74. The zero-order valence-corrected chi connectivity index (χ0v) is 16.5. The van der Waals surface area contributed by atoms with Gasteiger partial charge in [-0.1, -0.05) is 0 Å². The van der Waals surface area contributed by atoms with E-state index in [-0.39, 0.29) is 34.5 Å². The molecule has 0 spiro atoms. The number of nitrogens with zero attached hydrogens (tertiary/aromatic N) is 3. The van der Waals surface area contributed by atoms with Crippen LogP contribution >= 0.6 is 0 Å². The molecular formula is C21H19F3N4O3. The molecule has 3 aromatic rings. The molecule has 31 heavy (non-hydrogen) atoms. The molecule has 0 amide bonds. The van der Waals surface area contributed by atoms with Gasteiger partial charge < -0.3 is 15.7 Å². The van der Waals surface area contributed by atoms with Crippen molar-refractivity contribution < 1.29 is 23.1 Å². The number of carboxylic acids is 1. The van der Waals surface area contributed by atoms with Gasteiger partial charge in [0.1, 0.15) is 17.2 Å². The van der Waals surface area contributed by atoms with Crippen LogP contribution in [0.15, 0.2) is 35.3 Å². The van der Waals surface area contributed by atoms with Crippen LogP contribution in [-0.4, -0.2) is 39.8 Å². The fourth-order valence-electron chi connectivity index (χ4n) is 3.58. The van der Waals surface area contributed by atoms with E-state index in [1.165, 1.54) is 0 Å². The van der Waals surface area contributed by atoms with Crippen LogP contribution in [0.25, 0.3) is 16.7 Å². The van der Waals surface area contributed by atoms with E-state index in [0.717, 1.165) is 35.4 Å². The van der Waals surface area contributed by atoms with E-state index in [0.29, 0.717) is 19.2 Å². The Labute approximate surface area is 174 Å². The quantitative estimate of drug-likeness (QED) is 0.621. The van der Waals surface area contributed by atoms with Gasteiger partial charge in [0.15, 0.2) is 17.3 Å². The molecular weight excluding hydrogens is 413 g/mol. The molecule has 1 aliphatic rings. The lowest BCUT2D eigenvalue weighted by Crippen LogP contribution is -2.29. The molecule has 1 fully saturated rings. The molecule has 1 saturated carbocycles. The molecule has 2 atom stereocenters. The molecule has 162 valence electrons. The van der Waals surface area contributed by atoms with Gasteiger partial charge in [0, 0.05) is 31.4 Å². The predicted octanol–water partition coefficient (Wildman–Crippen LogP) is 2.67. The van der Waals surface area contributed by atoms with Crippen molar-refractivity contribution in [2.24, 2.45) is 11.7 Å². The summed E-state index contributed by atoms with van der Waals surface area (Å²) in [6.07, 6.45) is 1.71. The lowest BCUT2D eigenvalue weighted by atomic mass is 10.1. The Kier molecular flexibility index (Phi) is 5.18. The van der Waals surface area contributed by atoms with Crippen LogP contribution in [0.1, 0.15) is 23.7 Å². The molecule has 4 rings (SSSR count). The average Bonchev–Trinajstić information content (AvgIpc) is 3.41. The van der Waals surface area contributed by atoms with Crippen LogP contribution < -0.4 is 16.1 Å². The SMILES string of the molecule is CCN(CC1CC1N)c1nc2c(cc1F)c(=O)c(C(=O)O)cn2-c1ccc(F)cc1F. The smallest absolute Gasteiger partial charge is 0.341 e. The van der Waals surface area contributed by atoms with Crippen molar-refractivity contribution >= 4 is 22.8 Å². The summed E-state index contributed by atoms with van der Waals surface area (Å²) in [5.74, 6) is -4.08. The Hall–Kier alpha value is -3.40.